The maximum atomic E-state index is 8.75. The molecule has 0 saturated carbocycles. The van der Waals surface area contributed by atoms with Crippen LogP contribution in [-0.4, -0.2) is 23.4 Å². The van der Waals surface area contributed by atoms with Gasteiger partial charge in [0, 0.05) is 6.08 Å². The Morgan fingerprint density at radius 3 is 2.80 bits per heavy atom. The SMILES string of the molecule is CCCCO/C(O)=C/CO. The van der Waals surface area contributed by atoms with Crippen molar-refractivity contribution in [2.45, 2.75) is 19.8 Å². The zero-order valence-corrected chi connectivity index (χ0v) is 6.21. The van der Waals surface area contributed by atoms with Crippen molar-refractivity contribution in [1.29, 1.82) is 0 Å². The summed E-state index contributed by atoms with van der Waals surface area (Å²) in [6.45, 7) is 2.37. The fourth-order valence-corrected chi connectivity index (χ4v) is 0.458. The van der Waals surface area contributed by atoms with Gasteiger partial charge in [0.15, 0.2) is 0 Å². The van der Waals surface area contributed by atoms with Gasteiger partial charge < -0.3 is 14.9 Å². The van der Waals surface area contributed by atoms with Crippen molar-refractivity contribution in [3.05, 3.63) is 12.0 Å². The van der Waals surface area contributed by atoms with Crippen LogP contribution in [0.25, 0.3) is 0 Å². The third-order valence-electron chi connectivity index (χ3n) is 1.01. The second kappa shape index (κ2) is 6.42. The molecule has 0 aliphatic carbocycles. The summed E-state index contributed by atoms with van der Waals surface area (Å²) in [4.78, 5) is 0. The minimum absolute atomic E-state index is 0.183. The van der Waals surface area contributed by atoms with Crippen LogP contribution in [0.15, 0.2) is 12.0 Å². The smallest absolute Gasteiger partial charge is 0.274 e. The van der Waals surface area contributed by atoms with Crippen molar-refractivity contribution in [1.82, 2.24) is 0 Å². The van der Waals surface area contributed by atoms with E-state index < -0.39 is 0 Å². The van der Waals surface area contributed by atoms with Gasteiger partial charge in [0.1, 0.15) is 0 Å². The highest BCUT2D eigenvalue weighted by atomic mass is 16.6. The van der Waals surface area contributed by atoms with E-state index in [1.807, 2.05) is 6.92 Å². The molecule has 10 heavy (non-hydrogen) atoms. The summed E-state index contributed by atoms with van der Waals surface area (Å²) < 4.78 is 4.78. The van der Waals surface area contributed by atoms with E-state index in [0.29, 0.717) is 6.61 Å². The molecule has 0 aromatic heterocycles. The number of unbranched alkanes of at least 4 members (excludes halogenated alkanes) is 1. The van der Waals surface area contributed by atoms with E-state index in [4.69, 9.17) is 14.9 Å². The van der Waals surface area contributed by atoms with E-state index in [0.717, 1.165) is 12.8 Å². The number of hydrogen-bond donors (Lipinski definition) is 2. The summed E-state index contributed by atoms with van der Waals surface area (Å²) in [6, 6.07) is 0. The van der Waals surface area contributed by atoms with Crippen molar-refractivity contribution in [2.24, 2.45) is 0 Å². The van der Waals surface area contributed by atoms with E-state index >= 15 is 0 Å². The fourth-order valence-electron chi connectivity index (χ4n) is 0.458. The van der Waals surface area contributed by atoms with Gasteiger partial charge in [-0.05, 0) is 6.42 Å². The molecule has 3 nitrogen and oxygen atoms in total. The summed E-state index contributed by atoms with van der Waals surface area (Å²) >= 11 is 0. The van der Waals surface area contributed by atoms with Crippen molar-refractivity contribution in [2.75, 3.05) is 13.2 Å². The first-order valence-corrected chi connectivity index (χ1v) is 3.44. The largest absolute Gasteiger partial charge is 0.481 e. The summed E-state index contributed by atoms with van der Waals surface area (Å²) in [7, 11) is 0. The molecule has 60 valence electrons. The highest BCUT2D eigenvalue weighted by Crippen LogP contribution is 1.94. The van der Waals surface area contributed by atoms with E-state index in [2.05, 4.69) is 0 Å². The van der Waals surface area contributed by atoms with Gasteiger partial charge in [0.05, 0.1) is 13.2 Å². The van der Waals surface area contributed by atoms with Gasteiger partial charge in [-0.2, -0.15) is 0 Å². The lowest BCUT2D eigenvalue weighted by Gasteiger charge is -2.01. The van der Waals surface area contributed by atoms with Crippen LogP contribution in [0, 0.1) is 0 Å². The van der Waals surface area contributed by atoms with Crippen LogP contribution in [0.3, 0.4) is 0 Å². The van der Waals surface area contributed by atoms with Crippen molar-refractivity contribution in [3.8, 4) is 0 Å². The average Bonchev–Trinajstić information content (AvgIpc) is 1.89. The fraction of sp³-hybridized carbons (Fsp3) is 0.714. The van der Waals surface area contributed by atoms with Crippen molar-refractivity contribution >= 4 is 0 Å². The summed E-state index contributed by atoms with van der Waals surface area (Å²) in [5.41, 5.74) is 0. The molecule has 3 heteroatoms. The van der Waals surface area contributed by atoms with Gasteiger partial charge in [-0.3, -0.25) is 0 Å². The highest BCUT2D eigenvalue weighted by molar-refractivity contribution is 4.79. The maximum Gasteiger partial charge on any atom is 0.274 e. The minimum Gasteiger partial charge on any atom is -0.481 e. The minimum atomic E-state index is -0.184. The van der Waals surface area contributed by atoms with E-state index in [1.165, 1.54) is 6.08 Å². The van der Waals surface area contributed by atoms with Crippen LogP contribution in [-0.2, 0) is 4.74 Å². The van der Waals surface area contributed by atoms with Gasteiger partial charge in [-0.25, -0.2) is 0 Å². The molecule has 2 N–H and O–H groups in total. The molecular formula is C7H14O3. The summed E-state index contributed by atoms with van der Waals surface area (Å²) in [5, 5.41) is 17.0. The average molecular weight is 146 g/mol. The molecule has 0 aromatic carbocycles. The molecule has 0 unspecified atom stereocenters. The molecule has 0 saturated heterocycles. The Hall–Kier alpha value is -0.700. The van der Waals surface area contributed by atoms with Crippen LogP contribution in [0.4, 0.5) is 0 Å². The van der Waals surface area contributed by atoms with Crippen LogP contribution in [0.1, 0.15) is 19.8 Å². The van der Waals surface area contributed by atoms with Gasteiger partial charge in [-0.1, -0.05) is 13.3 Å². The first-order chi connectivity index (χ1) is 4.81. The predicted molar refractivity (Wildman–Crippen MR) is 38.7 cm³/mol. The third kappa shape index (κ3) is 5.44. The molecule has 0 heterocycles. The topological polar surface area (TPSA) is 49.7 Å². The lowest BCUT2D eigenvalue weighted by atomic mass is 10.4. The van der Waals surface area contributed by atoms with E-state index in [-0.39, 0.29) is 12.6 Å². The molecule has 0 atom stereocenters. The number of aliphatic hydroxyl groups is 2. The Bertz CT molecular complexity index is 99.0. The molecule has 0 spiro atoms. The van der Waals surface area contributed by atoms with Crippen LogP contribution in [0.2, 0.25) is 0 Å². The number of ether oxygens (including phenoxy) is 1. The summed E-state index contributed by atoms with van der Waals surface area (Å²) in [6.07, 6.45) is 3.17. The van der Waals surface area contributed by atoms with Crippen LogP contribution in [0.5, 0.6) is 0 Å². The number of rotatable bonds is 5. The lowest BCUT2D eigenvalue weighted by molar-refractivity contribution is 0.0881. The van der Waals surface area contributed by atoms with Gasteiger partial charge in [0.2, 0.25) is 0 Å². The quantitative estimate of drug-likeness (QED) is 0.452. The first kappa shape index (κ1) is 9.30. The molecule has 0 radical (unpaired) electrons. The predicted octanol–water partition coefficient (Wildman–Crippen LogP) is 1.19. The Balaban J connectivity index is 3.21. The van der Waals surface area contributed by atoms with Crippen LogP contribution < -0.4 is 0 Å². The highest BCUT2D eigenvalue weighted by Gasteiger charge is 1.89. The van der Waals surface area contributed by atoms with Crippen molar-refractivity contribution < 1.29 is 14.9 Å². The molecule has 0 fully saturated rings. The lowest BCUT2D eigenvalue weighted by Crippen LogP contribution is -1.94. The van der Waals surface area contributed by atoms with Crippen molar-refractivity contribution in [3.63, 3.8) is 0 Å². The first-order valence-electron chi connectivity index (χ1n) is 3.44. The number of hydrogen-bond acceptors (Lipinski definition) is 3. The van der Waals surface area contributed by atoms with Gasteiger partial charge >= 0.3 is 0 Å². The van der Waals surface area contributed by atoms with Crippen LogP contribution >= 0.6 is 0 Å². The standard InChI is InChI=1S/C7H14O3/c1-2-3-6-10-7(9)4-5-8/h4,8-9H,2-3,5-6H2,1H3/b7-4+. The second-order valence-electron chi connectivity index (χ2n) is 1.93. The molecule has 0 amide bonds. The Morgan fingerprint density at radius 1 is 1.60 bits per heavy atom. The molecule has 0 aliphatic heterocycles. The number of aliphatic hydroxyl groups excluding tert-OH is 2. The summed E-state index contributed by atoms with van der Waals surface area (Å²) in [5.74, 6) is -0.184. The Morgan fingerprint density at radius 2 is 2.30 bits per heavy atom. The third-order valence-corrected chi connectivity index (χ3v) is 1.01. The molecule has 0 bridgehead atoms. The zero-order chi connectivity index (χ0) is 7.82. The monoisotopic (exact) mass is 146 g/mol. The van der Waals surface area contributed by atoms with E-state index in [1.54, 1.807) is 0 Å². The van der Waals surface area contributed by atoms with Gasteiger partial charge in [0.25, 0.3) is 5.95 Å². The Kier molecular flexibility index (Phi) is 5.97. The molecule has 0 rings (SSSR count). The molecule has 0 aliphatic rings. The zero-order valence-electron chi connectivity index (χ0n) is 6.21. The van der Waals surface area contributed by atoms with E-state index in [9.17, 15) is 0 Å². The van der Waals surface area contributed by atoms with Gasteiger partial charge in [-0.15, -0.1) is 0 Å². The maximum absolute atomic E-state index is 8.75. The molecule has 0 aromatic rings. The Labute approximate surface area is 60.9 Å². The molecular weight excluding hydrogens is 132 g/mol. The second-order valence-corrected chi connectivity index (χ2v) is 1.93. The normalized spacial score (nSPS) is 11.6.